The van der Waals surface area contributed by atoms with Crippen LogP contribution in [0, 0.1) is 0 Å². The number of benzene rings is 9. The van der Waals surface area contributed by atoms with E-state index in [0.29, 0.717) is 17.5 Å². The number of fused-ring (bicyclic) bond motifs is 12. The van der Waals surface area contributed by atoms with Crippen molar-refractivity contribution in [3.8, 4) is 45.3 Å². The van der Waals surface area contributed by atoms with Crippen LogP contribution in [0.5, 0.6) is 0 Å². The Morgan fingerprint density at radius 2 is 0.750 bits per heavy atom. The number of hydrogen-bond acceptors (Lipinski definition) is 5. The molecule has 0 atom stereocenters. The molecule has 0 fully saturated rings. The zero-order chi connectivity index (χ0) is 36.7. The van der Waals surface area contributed by atoms with E-state index in [1.165, 1.54) is 32.3 Å². The van der Waals surface area contributed by atoms with Crippen molar-refractivity contribution in [2.75, 3.05) is 0 Å². The van der Waals surface area contributed by atoms with E-state index in [4.69, 9.17) is 23.8 Å². The molecular formula is C51H29N3O2. The van der Waals surface area contributed by atoms with Gasteiger partial charge in [0.1, 0.15) is 22.3 Å². The van der Waals surface area contributed by atoms with Gasteiger partial charge in [0.25, 0.3) is 0 Å². The van der Waals surface area contributed by atoms with Gasteiger partial charge in [0.2, 0.25) is 0 Å². The second-order valence-electron chi connectivity index (χ2n) is 14.3. The lowest BCUT2D eigenvalue weighted by Gasteiger charge is -2.12. The van der Waals surface area contributed by atoms with Gasteiger partial charge in [-0.05, 0) is 85.9 Å². The standard InChI is InChI=1S/C51H29N3O2/c1-2-12-30(13-3-1)49-52-50(54-51(53-49)40-20-11-23-46-48(40)39-18-8-9-21-43(39)55-46)32-25-27-44-42(29-32)47-33(19-10-22-45(47)56-44)31-24-26-38-36-16-5-4-14-34(36)35-15-6-7-17-37(35)41(38)28-31/h1-29H. The fourth-order valence-corrected chi connectivity index (χ4v) is 8.58. The highest BCUT2D eigenvalue weighted by atomic mass is 16.3. The highest BCUT2D eigenvalue weighted by molar-refractivity contribution is 6.26. The maximum absolute atomic E-state index is 6.52. The molecule has 0 saturated carbocycles. The average molecular weight is 716 g/mol. The first-order valence-corrected chi connectivity index (χ1v) is 18.8. The second kappa shape index (κ2) is 11.9. The summed E-state index contributed by atoms with van der Waals surface area (Å²) in [6, 6.07) is 61.0. The van der Waals surface area contributed by atoms with E-state index in [-0.39, 0.29) is 0 Å². The van der Waals surface area contributed by atoms with Crippen LogP contribution in [0.4, 0.5) is 0 Å². The highest BCUT2D eigenvalue weighted by Crippen LogP contribution is 2.42. The Balaban J connectivity index is 1.07. The van der Waals surface area contributed by atoms with Crippen LogP contribution in [0.3, 0.4) is 0 Å². The summed E-state index contributed by atoms with van der Waals surface area (Å²) >= 11 is 0. The summed E-state index contributed by atoms with van der Waals surface area (Å²) in [6.07, 6.45) is 0. The Hall–Kier alpha value is -7.63. The Kier molecular flexibility index (Phi) is 6.56. The zero-order valence-electron chi connectivity index (χ0n) is 29.9. The monoisotopic (exact) mass is 715 g/mol. The molecule has 0 aliphatic heterocycles. The van der Waals surface area contributed by atoms with Crippen LogP contribution < -0.4 is 0 Å². The molecule has 5 nitrogen and oxygen atoms in total. The van der Waals surface area contributed by atoms with Crippen molar-refractivity contribution in [1.82, 2.24) is 15.0 Å². The third-order valence-corrected chi connectivity index (χ3v) is 11.1. The molecule has 260 valence electrons. The van der Waals surface area contributed by atoms with Gasteiger partial charge in [0, 0.05) is 38.2 Å². The number of rotatable bonds is 4. The van der Waals surface area contributed by atoms with Crippen LogP contribution in [0.25, 0.3) is 121 Å². The Morgan fingerprint density at radius 1 is 0.268 bits per heavy atom. The molecular weight excluding hydrogens is 687 g/mol. The van der Waals surface area contributed by atoms with Gasteiger partial charge in [0.05, 0.1) is 0 Å². The van der Waals surface area contributed by atoms with Crippen LogP contribution in [0.1, 0.15) is 0 Å². The molecule has 0 unspecified atom stereocenters. The van der Waals surface area contributed by atoms with Crippen LogP contribution >= 0.6 is 0 Å². The van der Waals surface area contributed by atoms with Gasteiger partial charge in [-0.15, -0.1) is 0 Å². The lowest BCUT2D eigenvalue weighted by Crippen LogP contribution is -2.00. The van der Waals surface area contributed by atoms with Gasteiger partial charge in [-0.3, -0.25) is 0 Å². The van der Waals surface area contributed by atoms with E-state index in [1.807, 2.05) is 78.9 Å². The predicted octanol–water partition coefficient (Wildman–Crippen LogP) is 13.8. The first-order valence-electron chi connectivity index (χ1n) is 18.8. The summed E-state index contributed by atoms with van der Waals surface area (Å²) in [5.41, 5.74) is 8.17. The van der Waals surface area contributed by atoms with Gasteiger partial charge in [-0.1, -0.05) is 133 Å². The lowest BCUT2D eigenvalue weighted by atomic mass is 9.91. The van der Waals surface area contributed by atoms with E-state index in [0.717, 1.165) is 71.7 Å². The molecule has 0 spiro atoms. The normalized spacial score (nSPS) is 11.9. The maximum Gasteiger partial charge on any atom is 0.164 e. The topological polar surface area (TPSA) is 65.0 Å². The minimum atomic E-state index is 0.580. The number of aromatic nitrogens is 3. The van der Waals surface area contributed by atoms with Crippen molar-refractivity contribution in [1.29, 1.82) is 0 Å². The minimum Gasteiger partial charge on any atom is -0.456 e. The Morgan fingerprint density at radius 3 is 1.46 bits per heavy atom. The van der Waals surface area contributed by atoms with Gasteiger partial charge in [-0.2, -0.15) is 0 Å². The molecule has 12 rings (SSSR count). The zero-order valence-corrected chi connectivity index (χ0v) is 29.9. The van der Waals surface area contributed by atoms with Crippen LogP contribution in [-0.2, 0) is 0 Å². The molecule has 3 aromatic heterocycles. The lowest BCUT2D eigenvalue weighted by molar-refractivity contribution is 0.668. The molecule has 3 heterocycles. The van der Waals surface area contributed by atoms with Crippen molar-refractivity contribution < 1.29 is 8.83 Å². The third-order valence-electron chi connectivity index (χ3n) is 11.1. The van der Waals surface area contributed by atoms with E-state index in [2.05, 4.69) is 97.1 Å². The summed E-state index contributed by atoms with van der Waals surface area (Å²) in [6.45, 7) is 0. The van der Waals surface area contributed by atoms with Crippen LogP contribution in [-0.4, -0.2) is 15.0 Å². The molecule has 0 aliphatic rings. The number of hydrogen-bond donors (Lipinski definition) is 0. The maximum atomic E-state index is 6.52. The van der Waals surface area contributed by atoms with Crippen molar-refractivity contribution in [3.05, 3.63) is 176 Å². The first kappa shape index (κ1) is 30.8. The minimum absolute atomic E-state index is 0.580. The first-order chi connectivity index (χ1) is 27.7. The van der Waals surface area contributed by atoms with Gasteiger partial charge >= 0.3 is 0 Å². The van der Waals surface area contributed by atoms with E-state index >= 15 is 0 Å². The average Bonchev–Trinajstić information content (AvgIpc) is 3.85. The van der Waals surface area contributed by atoms with E-state index < -0.39 is 0 Å². The third kappa shape index (κ3) is 4.64. The van der Waals surface area contributed by atoms with E-state index in [9.17, 15) is 0 Å². The number of nitrogens with zero attached hydrogens (tertiary/aromatic N) is 3. The predicted molar refractivity (Wildman–Crippen MR) is 229 cm³/mol. The molecule has 0 N–H and O–H groups in total. The Bertz CT molecular complexity index is 3510. The largest absolute Gasteiger partial charge is 0.456 e. The summed E-state index contributed by atoms with van der Waals surface area (Å²) in [7, 11) is 0. The van der Waals surface area contributed by atoms with Gasteiger partial charge in [-0.25, -0.2) is 15.0 Å². The number of furan rings is 2. The van der Waals surface area contributed by atoms with Crippen molar-refractivity contribution in [2.24, 2.45) is 0 Å². The molecule has 0 radical (unpaired) electrons. The summed E-state index contributed by atoms with van der Waals surface area (Å²) in [5, 5.41) is 11.6. The molecule has 9 aromatic carbocycles. The molecule has 0 saturated heterocycles. The summed E-state index contributed by atoms with van der Waals surface area (Å²) in [4.78, 5) is 15.3. The van der Waals surface area contributed by atoms with E-state index in [1.54, 1.807) is 0 Å². The fraction of sp³-hybridized carbons (Fsp3) is 0. The van der Waals surface area contributed by atoms with Crippen molar-refractivity contribution >= 4 is 76.2 Å². The quantitative estimate of drug-likeness (QED) is 0.170. The smallest absolute Gasteiger partial charge is 0.164 e. The Labute approximate surface area is 320 Å². The fourth-order valence-electron chi connectivity index (χ4n) is 8.58. The molecule has 56 heavy (non-hydrogen) atoms. The molecule has 0 bridgehead atoms. The summed E-state index contributed by atoms with van der Waals surface area (Å²) in [5.74, 6) is 1.76. The van der Waals surface area contributed by atoms with Crippen LogP contribution in [0.15, 0.2) is 185 Å². The van der Waals surface area contributed by atoms with Crippen molar-refractivity contribution in [3.63, 3.8) is 0 Å². The highest BCUT2D eigenvalue weighted by Gasteiger charge is 2.20. The molecule has 0 amide bonds. The second-order valence-corrected chi connectivity index (χ2v) is 14.3. The van der Waals surface area contributed by atoms with Crippen molar-refractivity contribution in [2.45, 2.75) is 0 Å². The van der Waals surface area contributed by atoms with Gasteiger partial charge < -0.3 is 8.83 Å². The van der Waals surface area contributed by atoms with Crippen LogP contribution in [0.2, 0.25) is 0 Å². The molecule has 0 aliphatic carbocycles. The van der Waals surface area contributed by atoms with Gasteiger partial charge in [0.15, 0.2) is 17.5 Å². The molecule has 5 heteroatoms. The summed E-state index contributed by atoms with van der Waals surface area (Å²) < 4.78 is 12.8. The number of para-hydroxylation sites is 1. The SMILES string of the molecule is c1ccc(-c2nc(-c3ccc4oc5cccc(-c6ccc7c8ccccc8c8ccccc8c7c6)c5c4c3)nc(-c3cccc4oc5ccccc5c34)n2)cc1. The molecule has 12 aromatic rings.